The van der Waals surface area contributed by atoms with Gasteiger partial charge in [0.25, 0.3) is 0 Å². The summed E-state index contributed by atoms with van der Waals surface area (Å²) in [5.41, 5.74) is 4.49. The van der Waals surface area contributed by atoms with Crippen LogP contribution in [0.1, 0.15) is 36.0 Å². The minimum absolute atomic E-state index is 0.0231. The Morgan fingerprint density at radius 3 is 2.45 bits per heavy atom. The maximum Gasteiger partial charge on any atom is 0.142 e. The molecule has 0 radical (unpaired) electrons. The van der Waals surface area contributed by atoms with Crippen molar-refractivity contribution in [2.45, 2.75) is 50.8 Å². The van der Waals surface area contributed by atoms with Gasteiger partial charge in [-0.3, -0.25) is 0 Å². The lowest BCUT2D eigenvalue weighted by Gasteiger charge is -2.39. The van der Waals surface area contributed by atoms with Crippen molar-refractivity contribution in [3.05, 3.63) is 59.2 Å². The molecule has 0 bridgehead atoms. The SMILES string of the molecule is COCCCN1CCOc2ccc(CO[C@H]3CNC[C@@H](OC[C@H](C)O)[C@@H]3c3ccc(COCCOC)cc3)cc21. The van der Waals surface area contributed by atoms with Crippen LogP contribution in [0.3, 0.4) is 0 Å². The minimum Gasteiger partial charge on any atom is -0.490 e. The number of aliphatic hydroxyl groups excluding tert-OH is 1. The number of fused-ring (bicyclic) bond motifs is 1. The molecule has 0 aromatic heterocycles. The molecule has 2 aliphatic heterocycles. The van der Waals surface area contributed by atoms with Gasteiger partial charge in [-0.25, -0.2) is 0 Å². The van der Waals surface area contributed by atoms with Crippen LogP contribution in [-0.2, 0) is 36.9 Å². The van der Waals surface area contributed by atoms with Crippen LogP contribution in [0.2, 0.25) is 0 Å². The monoisotopic (exact) mass is 558 g/mol. The van der Waals surface area contributed by atoms with Crippen LogP contribution in [0.4, 0.5) is 5.69 Å². The van der Waals surface area contributed by atoms with Crippen LogP contribution in [0, 0.1) is 0 Å². The van der Waals surface area contributed by atoms with Gasteiger partial charge in [-0.15, -0.1) is 0 Å². The third-order valence-electron chi connectivity index (χ3n) is 7.33. The number of hydrogen-bond acceptors (Lipinski definition) is 9. The molecule has 2 N–H and O–H groups in total. The number of ether oxygens (including phenoxy) is 6. The first-order valence-electron chi connectivity index (χ1n) is 14.4. The molecular weight excluding hydrogens is 512 g/mol. The zero-order valence-electron chi connectivity index (χ0n) is 24.2. The Morgan fingerprint density at radius 1 is 0.950 bits per heavy atom. The molecule has 0 unspecified atom stereocenters. The summed E-state index contributed by atoms with van der Waals surface area (Å²) in [5, 5.41) is 13.4. The zero-order valence-corrected chi connectivity index (χ0v) is 24.2. The molecule has 2 aromatic carbocycles. The van der Waals surface area contributed by atoms with E-state index < -0.39 is 6.10 Å². The van der Waals surface area contributed by atoms with Gasteiger partial charge in [0.1, 0.15) is 12.4 Å². The zero-order chi connectivity index (χ0) is 28.2. The van der Waals surface area contributed by atoms with Crippen LogP contribution in [0.25, 0.3) is 0 Å². The number of nitrogens with zero attached hydrogens (tertiary/aromatic N) is 1. The molecule has 2 aromatic rings. The third-order valence-corrected chi connectivity index (χ3v) is 7.33. The highest BCUT2D eigenvalue weighted by Crippen LogP contribution is 2.34. The summed E-state index contributed by atoms with van der Waals surface area (Å²) < 4.78 is 34.7. The lowest BCUT2D eigenvalue weighted by Crippen LogP contribution is -2.51. The van der Waals surface area contributed by atoms with Gasteiger partial charge in [0.05, 0.1) is 63.6 Å². The number of rotatable bonds is 16. The highest BCUT2D eigenvalue weighted by molar-refractivity contribution is 5.61. The minimum atomic E-state index is -0.530. The summed E-state index contributed by atoms with van der Waals surface area (Å²) in [6.07, 6.45) is 0.225. The number of methoxy groups -OCH3 is 2. The van der Waals surface area contributed by atoms with E-state index in [1.54, 1.807) is 21.1 Å². The largest absolute Gasteiger partial charge is 0.490 e. The van der Waals surface area contributed by atoms with Crippen molar-refractivity contribution in [2.24, 2.45) is 0 Å². The Kier molecular flexibility index (Phi) is 12.5. The fourth-order valence-corrected chi connectivity index (χ4v) is 5.29. The summed E-state index contributed by atoms with van der Waals surface area (Å²) in [6, 6.07) is 14.8. The van der Waals surface area contributed by atoms with Crippen LogP contribution >= 0.6 is 0 Å². The van der Waals surface area contributed by atoms with Gasteiger partial charge in [0.15, 0.2) is 0 Å². The summed E-state index contributed by atoms with van der Waals surface area (Å²) in [6.45, 7) is 8.85. The van der Waals surface area contributed by atoms with Crippen molar-refractivity contribution in [3.8, 4) is 5.75 Å². The van der Waals surface area contributed by atoms with E-state index in [9.17, 15) is 5.11 Å². The van der Waals surface area contributed by atoms with Crippen LogP contribution in [-0.4, -0.2) is 96.9 Å². The topological polar surface area (TPSA) is 90.9 Å². The molecule has 1 saturated heterocycles. The first kappa shape index (κ1) is 30.7. The van der Waals surface area contributed by atoms with Crippen LogP contribution in [0.5, 0.6) is 5.75 Å². The fourth-order valence-electron chi connectivity index (χ4n) is 5.29. The van der Waals surface area contributed by atoms with Crippen molar-refractivity contribution in [3.63, 3.8) is 0 Å². The molecule has 0 aliphatic carbocycles. The van der Waals surface area contributed by atoms with E-state index in [0.29, 0.717) is 39.6 Å². The molecule has 9 heteroatoms. The van der Waals surface area contributed by atoms with Crippen LogP contribution in [0.15, 0.2) is 42.5 Å². The van der Waals surface area contributed by atoms with E-state index in [1.807, 2.05) is 0 Å². The Morgan fingerprint density at radius 2 is 1.70 bits per heavy atom. The summed E-state index contributed by atoms with van der Waals surface area (Å²) >= 11 is 0. The molecule has 0 amide bonds. The van der Waals surface area contributed by atoms with Crippen LogP contribution < -0.4 is 15.0 Å². The number of hydrogen-bond donors (Lipinski definition) is 2. The number of nitrogens with one attached hydrogen (secondary N) is 1. The molecule has 2 aliphatic rings. The normalized spacial score (nSPS) is 21.6. The molecule has 2 heterocycles. The number of aliphatic hydroxyl groups is 1. The second-order valence-electron chi connectivity index (χ2n) is 10.5. The molecule has 0 spiro atoms. The third kappa shape index (κ3) is 8.88. The standard InChI is InChI=1S/C31H46N2O7/c1-23(34)20-39-29-18-32-19-30(31(29)26-8-5-24(6-9-26)21-37-16-15-36-3)40-22-25-7-10-28-27(17-25)33(12-14-38-28)11-4-13-35-2/h5-10,17,23,29-32,34H,4,11-16,18-22H2,1-3H3/t23-,29+,30-,31-/m0/s1. The van der Waals surface area contributed by atoms with Gasteiger partial charge in [0, 0.05) is 46.4 Å². The predicted molar refractivity (Wildman–Crippen MR) is 154 cm³/mol. The first-order valence-corrected chi connectivity index (χ1v) is 14.4. The molecule has 1 fully saturated rings. The highest BCUT2D eigenvalue weighted by Gasteiger charge is 2.36. The maximum atomic E-state index is 9.88. The molecule has 4 atom stereocenters. The van der Waals surface area contributed by atoms with Crippen molar-refractivity contribution < 1.29 is 33.5 Å². The second-order valence-corrected chi connectivity index (χ2v) is 10.5. The number of anilines is 1. The van der Waals surface area contributed by atoms with Gasteiger partial charge < -0.3 is 43.7 Å². The van der Waals surface area contributed by atoms with E-state index in [0.717, 1.165) is 60.8 Å². The van der Waals surface area contributed by atoms with Crippen molar-refractivity contribution in [1.82, 2.24) is 5.32 Å². The molecule has 222 valence electrons. The first-order chi connectivity index (χ1) is 19.6. The van der Waals surface area contributed by atoms with E-state index in [1.165, 1.54) is 0 Å². The van der Waals surface area contributed by atoms with E-state index in [-0.39, 0.29) is 24.7 Å². The Bertz CT molecular complexity index is 1000. The average Bonchev–Trinajstić information content (AvgIpc) is 2.98. The summed E-state index contributed by atoms with van der Waals surface area (Å²) in [5.74, 6) is 0.942. The predicted octanol–water partition coefficient (Wildman–Crippen LogP) is 3.12. The maximum absolute atomic E-state index is 9.88. The number of benzene rings is 2. The van der Waals surface area contributed by atoms with Gasteiger partial charge in [-0.2, -0.15) is 0 Å². The summed E-state index contributed by atoms with van der Waals surface area (Å²) in [4.78, 5) is 2.37. The van der Waals surface area contributed by atoms with E-state index in [4.69, 9.17) is 28.4 Å². The Balaban J connectivity index is 1.45. The van der Waals surface area contributed by atoms with Gasteiger partial charge >= 0.3 is 0 Å². The second kappa shape index (κ2) is 16.3. The summed E-state index contributed by atoms with van der Waals surface area (Å²) in [7, 11) is 3.41. The molecular formula is C31H46N2O7. The van der Waals surface area contributed by atoms with Crippen molar-refractivity contribution in [2.75, 3.05) is 78.3 Å². The van der Waals surface area contributed by atoms with Crippen molar-refractivity contribution >= 4 is 5.69 Å². The lowest BCUT2D eigenvalue weighted by atomic mass is 9.85. The lowest BCUT2D eigenvalue weighted by molar-refractivity contribution is -0.0752. The number of piperidine rings is 1. The molecule has 4 rings (SSSR count). The smallest absolute Gasteiger partial charge is 0.142 e. The Labute approximate surface area is 238 Å². The quantitative estimate of drug-likeness (QED) is 0.302. The van der Waals surface area contributed by atoms with Gasteiger partial charge in [-0.05, 0) is 42.2 Å². The molecule has 9 nitrogen and oxygen atoms in total. The van der Waals surface area contributed by atoms with Gasteiger partial charge in [-0.1, -0.05) is 30.3 Å². The van der Waals surface area contributed by atoms with Crippen molar-refractivity contribution in [1.29, 1.82) is 0 Å². The Hall–Kier alpha value is -2.24. The molecule has 0 saturated carbocycles. The fraction of sp³-hybridized carbons (Fsp3) is 0.613. The van der Waals surface area contributed by atoms with Gasteiger partial charge in [0.2, 0.25) is 0 Å². The average molecular weight is 559 g/mol. The highest BCUT2D eigenvalue weighted by atomic mass is 16.5. The van der Waals surface area contributed by atoms with E-state index in [2.05, 4.69) is 52.7 Å². The molecule has 40 heavy (non-hydrogen) atoms. The van der Waals surface area contributed by atoms with E-state index >= 15 is 0 Å².